The van der Waals surface area contributed by atoms with Crippen molar-refractivity contribution in [3.05, 3.63) is 16.4 Å². The number of nitrogens with zero attached hydrogens (tertiary/aromatic N) is 2. The lowest BCUT2D eigenvalue weighted by molar-refractivity contribution is -0.0146. The lowest BCUT2D eigenvalue weighted by atomic mass is 9.90. The largest absolute Gasteiger partial charge is 0.373 e. The fourth-order valence-electron chi connectivity index (χ4n) is 2.75. The molecule has 1 aliphatic heterocycles. The molecule has 1 N–H and O–H groups in total. The van der Waals surface area contributed by atoms with Crippen LogP contribution in [0.4, 0.5) is 0 Å². The zero-order valence-corrected chi connectivity index (χ0v) is 13.0. The van der Waals surface area contributed by atoms with Crippen LogP contribution in [0, 0.1) is 0 Å². The predicted molar refractivity (Wildman–Crippen MR) is 75.6 cm³/mol. The second-order valence-corrected chi connectivity index (χ2v) is 5.80. The molecule has 1 fully saturated rings. The predicted octanol–water partition coefficient (Wildman–Crippen LogP) is 2.89. The highest BCUT2D eigenvalue weighted by atomic mass is 79.9. The molecular formula is C13H22BrN3O. The number of likely N-dealkylation sites (N-methyl/N-ethyl adjacent to an activating group) is 1. The second-order valence-electron chi connectivity index (χ2n) is 4.95. The maximum atomic E-state index is 6.01. The maximum absolute atomic E-state index is 6.01. The van der Waals surface area contributed by atoms with E-state index in [0.717, 1.165) is 37.0 Å². The molecule has 2 rings (SSSR count). The molecule has 0 saturated carbocycles. The Balaban J connectivity index is 2.37. The van der Waals surface area contributed by atoms with E-state index in [0.29, 0.717) is 0 Å². The third-order valence-corrected chi connectivity index (χ3v) is 4.29. The Kier molecular flexibility index (Phi) is 4.45. The summed E-state index contributed by atoms with van der Waals surface area (Å²) in [5.41, 5.74) is 1.06. The Bertz CT molecular complexity index is 399. The van der Waals surface area contributed by atoms with Crippen LogP contribution in [0.15, 0.2) is 10.7 Å². The van der Waals surface area contributed by atoms with E-state index in [-0.39, 0.29) is 11.6 Å². The maximum Gasteiger partial charge on any atom is 0.0864 e. The molecule has 2 atom stereocenters. The molecule has 4 nitrogen and oxygen atoms in total. The monoisotopic (exact) mass is 315 g/mol. The van der Waals surface area contributed by atoms with Gasteiger partial charge in [-0.1, -0.05) is 6.92 Å². The first-order chi connectivity index (χ1) is 8.62. The van der Waals surface area contributed by atoms with Crippen molar-refractivity contribution >= 4 is 15.9 Å². The van der Waals surface area contributed by atoms with Crippen molar-refractivity contribution in [1.29, 1.82) is 0 Å². The number of hydrogen-bond acceptors (Lipinski definition) is 3. The smallest absolute Gasteiger partial charge is 0.0864 e. The third kappa shape index (κ3) is 2.49. The van der Waals surface area contributed by atoms with Crippen molar-refractivity contribution in [2.75, 3.05) is 13.2 Å². The highest BCUT2D eigenvalue weighted by Crippen LogP contribution is 2.39. The SMILES string of the molecule is CCNC(c1c(Br)cnn1CC)C1(C)CCCO1. The Morgan fingerprint density at radius 3 is 2.94 bits per heavy atom. The van der Waals surface area contributed by atoms with E-state index >= 15 is 0 Å². The van der Waals surface area contributed by atoms with Gasteiger partial charge in [0.1, 0.15) is 0 Å². The van der Waals surface area contributed by atoms with Crippen LogP contribution >= 0.6 is 15.9 Å². The lowest BCUT2D eigenvalue weighted by Crippen LogP contribution is -2.42. The second kappa shape index (κ2) is 5.72. The number of aromatic nitrogens is 2. The van der Waals surface area contributed by atoms with E-state index in [1.807, 2.05) is 10.9 Å². The summed E-state index contributed by atoms with van der Waals surface area (Å²) in [5.74, 6) is 0. The summed E-state index contributed by atoms with van der Waals surface area (Å²) in [7, 11) is 0. The van der Waals surface area contributed by atoms with Gasteiger partial charge in [-0.25, -0.2) is 0 Å². The van der Waals surface area contributed by atoms with Gasteiger partial charge in [-0.3, -0.25) is 4.68 Å². The average molecular weight is 316 g/mol. The summed E-state index contributed by atoms with van der Waals surface area (Å²) in [6.45, 7) is 9.10. The van der Waals surface area contributed by atoms with Gasteiger partial charge >= 0.3 is 0 Å². The fourth-order valence-corrected chi connectivity index (χ4v) is 3.27. The third-order valence-electron chi connectivity index (χ3n) is 3.67. The fraction of sp³-hybridized carbons (Fsp3) is 0.769. The van der Waals surface area contributed by atoms with Gasteiger partial charge in [0, 0.05) is 13.2 Å². The number of halogens is 1. The van der Waals surface area contributed by atoms with Gasteiger partial charge in [0.25, 0.3) is 0 Å². The van der Waals surface area contributed by atoms with Crippen molar-refractivity contribution < 1.29 is 4.74 Å². The van der Waals surface area contributed by atoms with Crippen LogP contribution in [0.3, 0.4) is 0 Å². The molecule has 1 aliphatic rings. The van der Waals surface area contributed by atoms with Gasteiger partial charge in [0.2, 0.25) is 0 Å². The number of ether oxygens (including phenoxy) is 1. The van der Waals surface area contributed by atoms with Crippen molar-refractivity contribution in [3.63, 3.8) is 0 Å². The number of nitrogens with one attached hydrogen (secondary N) is 1. The van der Waals surface area contributed by atoms with E-state index < -0.39 is 0 Å². The number of rotatable bonds is 5. The van der Waals surface area contributed by atoms with Crippen molar-refractivity contribution in [2.45, 2.75) is 51.8 Å². The minimum Gasteiger partial charge on any atom is -0.373 e. The van der Waals surface area contributed by atoms with Gasteiger partial charge in [-0.2, -0.15) is 5.10 Å². The van der Waals surface area contributed by atoms with Crippen LogP contribution in [0.25, 0.3) is 0 Å². The van der Waals surface area contributed by atoms with E-state index in [2.05, 4.69) is 47.1 Å². The first kappa shape index (κ1) is 14.0. The van der Waals surface area contributed by atoms with Gasteiger partial charge in [0.05, 0.1) is 28.0 Å². The van der Waals surface area contributed by atoms with Gasteiger partial charge in [-0.15, -0.1) is 0 Å². The molecule has 5 heteroatoms. The molecular weight excluding hydrogens is 294 g/mol. The molecule has 0 bridgehead atoms. The molecule has 1 aromatic rings. The van der Waals surface area contributed by atoms with Crippen LogP contribution in [0.2, 0.25) is 0 Å². The summed E-state index contributed by atoms with van der Waals surface area (Å²) in [6, 6.07) is 0.182. The number of hydrogen-bond donors (Lipinski definition) is 1. The molecule has 1 aromatic heterocycles. The molecule has 0 aliphatic carbocycles. The zero-order valence-electron chi connectivity index (χ0n) is 11.4. The normalized spacial score (nSPS) is 25.6. The van der Waals surface area contributed by atoms with Crippen LogP contribution in [-0.2, 0) is 11.3 Å². The van der Waals surface area contributed by atoms with Crippen molar-refractivity contribution in [1.82, 2.24) is 15.1 Å². The van der Waals surface area contributed by atoms with Crippen molar-refractivity contribution in [3.8, 4) is 0 Å². The first-order valence-electron chi connectivity index (χ1n) is 6.71. The summed E-state index contributed by atoms with van der Waals surface area (Å²) in [6.07, 6.45) is 4.10. The van der Waals surface area contributed by atoms with Crippen LogP contribution in [0.1, 0.15) is 45.3 Å². The minimum absolute atomic E-state index is 0.133. The van der Waals surface area contributed by atoms with E-state index in [1.165, 1.54) is 5.69 Å². The summed E-state index contributed by atoms with van der Waals surface area (Å²) < 4.78 is 9.12. The van der Waals surface area contributed by atoms with Crippen LogP contribution in [-0.4, -0.2) is 28.5 Å². The van der Waals surface area contributed by atoms with E-state index in [1.54, 1.807) is 0 Å². The molecule has 102 valence electrons. The Morgan fingerprint density at radius 1 is 1.61 bits per heavy atom. The molecule has 2 unspecified atom stereocenters. The zero-order chi connectivity index (χ0) is 13.2. The molecule has 0 amide bonds. The van der Waals surface area contributed by atoms with Crippen molar-refractivity contribution in [2.24, 2.45) is 0 Å². The lowest BCUT2D eigenvalue weighted by Gasteiger charge is -2.34. The van der Waals surface area contributed by atoms with Crippen LogP contribution in [0.5, 0.6) is 0 Å². The molecule has 0 spiro atoms. The molecule has 0 radical (unpaired) electrons. The minimum atomic E-state index is -0.133. The average Bonchev–Trinajstić information content (AvgIpc) is 2.94. The molecule has 18 heavy (non-hydrogen) atoms. The molecule has 0 aromatic carbocycles. The summed E-state index contributed by atoms with van der Waals surface area (Å²) in [5, 5.41) is 7.98. The summed E-state index contributed by atoms with van der Waals surface area (Å²) in [4.78, 5) is 0. The Morgan fingerprint density at radius 2 is 2.39 bits per heavy atom. The number of aryl methyl sites for hydroxylation is 1. The van der Waals surface area contributed by atoms with Crippen LogP contribution < -0.4 is 5.32 Å². The Hall–Kier alpha value is -0.390. The van der Waals surface area contributed by atoms with E-state index in [4.69, 9.17) is 4.74 Å². The Labute approximate surface area is 117 Å². The molecule has 1 saturated heterocycles. The van der Waals surface area contributed by atoms with Gasteiger partial charge in [0.15, 0.2) is 0 Å². The summed E-state index contributed by atoms with van der Waals surface area (Å²) >= 11 is 3.62. The highest BCUT2D eigenvalue weighted by Gasteiger charge is 2.41. The first-order valence-corrected chi connectivity index (χ1v) is 7.50. The topological polar surface area (TPSA) is 39.1 Å². The van der Waals surface area contributed by atoms with Gasteiger partial charge in [-0.05, 0) is 49.2 Å². The standard InChI is InChI=1S/C13H22BrN3O/c1-4-15-12(13(3)7-6-8-18-13)11-10(14)9-16-17(11)5-2/h9,12,15H,4-8H2,1-3H3. The highest BCUT2D eigenvalue weighted by molar-refractivity contribution is 9.10. The van der Waals surface area contributed by atoms with Gasteiger partial charge < -0.3 is 10.1 Å². The quantitative estimate of drug-likeness (QED) is 0.908. The molecule has 2 heterocycles. The van der Waals surface area contributed by atoms with E-state index in [9.17, 15) is 0 Å².